The average Bonchev–Trinajstić information content (AvgIpc) is 2.88. The summed E-state index contributed by atoms with van der Waals surface area (Å²) in [7, 11) is 1.88. The number of carbonyl (C=O) groups excluding carboxylic acids is 1. The van der Waals surface area contributed by atoms with Crippen molar-refractivity contribution in [2.45, 2.75) is 6.54 Å². The molecule has 16 heavy (non-hydrogen) atoms. The second-order valence-corrected chi connectivity index (χ2v) is 3.70. The van der Waals surface area contributed by atoms with E-state index in [1.165, 1.54) is 6.26 Å². The summed E-state index contributed by atoms with van der Waals surface area (Å²) in [6.45, 7) is 1.02. The Bertz CT molecular complexity index is 431. The van der Waals surface area contributed by atoms with Crippen LogP contribution in [0.2, 0.25) is 0 Å². The summed E-state index contributed by atoms with van der Waals surface area (Å²) < 4.78 is 10.00. The van der Waals surface area contributed by atoms with E-state index in [0.717, 1.165) is 5.56 Å². The van der Waals surface area contributed by atoms with Gasteiger partial charge in [0.2, 0.25) is 5.78 Å². The number of carbonyl (C=O) groups is 1. The number of hydrogen-bond donors (Lipinski definition) is 0. The molecule has 2 aromatic heterocycles. The van der Waals surface area contributed by atoms with Crippen LogP contribution >= 0.6 is 0 Å². The Morgan fingerprint density at radius 1 is 1.38 bits per heavy atom. The highest BCUT2D eigenvalue weighted by Gasteiger charge is 2.12. The quantitative estimate of drug-likeness (QED) is 0.723. The Morgan fingerprint density at radius 2 is 2.25 bits per heavy atom. The van der Waals surface area contributed by atoms with Crippen molar-refractivity contribution in [2.75, 3.05) is 13.6 Å². The maximum atomic E-state index is 11.7. The van der Waals surface area contributed by atoms with E-state index in [4.69, 9.17) is 8.83 Å². The molecule has 0 unspecified atom stereocenters. The minimum atomic E-state index is -0.0176. The molecule has 0 N–H and O–H groups in total. The SMILES string of the molecule is CN(CC(=O)c1ccco1)Cc1ccoc1. The van der Waals surface area contributed by atoms with Crippen molar-refractivity contribution >= 4 is 5.78 Å². The molecule has 2 rings (SSSR count). The maximum Gasteiger partial charge on any atom is 0.211 e. The second-order valence-electron chi connectivity index (χ2n) is 3.70. The lowest BCUT2D eigenvalue weighted by Gasteiger charge is -2.13. The summed E-state index contributed by atoms with van der Waals surface area (Å²) in [6.07, 6.45) is 4.80. The van der Waals surface area contributed by atoms with Crippen LogP contribution in [0.5, 0.6) is 0 Å². The zero-order chi connectivity index (χ0) is 11.4. The van der Waals surface area contributed by atoms with Gasteiger partial charge < -0.3 is 8.83 Å². The summed E-state index contributed by atoms with van der Waals surface area (Å²) in [5.74, 6) is 0.384. The third-order valence-electron chi connectivity index (χ3n) is 2.24. The summed E-state index contributed by atoms with van der Waals surface area (Å²) in [4.78, 5) is 13.6. The molecule has 0 aliphatic heterocycles. The zero-order valence-corrected chi connectivity index (χ0v) is 9.05. The van der Waals surface area contributed by atoms with E-state index in [1.54, 1.807) is 24.7 Å². The van der Waals surface area contributed by atoms with Gasteiger partial charge in [-0.15, -0.1) is 0 Å². The minimum Gasteiger partial charge on any atom is -0.472 e. The second kappa shape index (κ2) is 4.81. The first-order valence-electron chi connectivity index (χ1n) is 5.02. The maximum absolute atomic E-state index is 11.7. The molecule has 0 atom stereocenters. The molecule has 0 saturated heterocycles. The molecular weight excluding hydrogens is 206 g/mol. The van der Waals surface area contributed by atoms with Crippen molar-refractivity contribution in [3.05, 3.63) is 48.3 Å². The predicted molar refractivity (Wildman–Crippen MR) is 58.1 cm³/mol. The standard InChI is InChI=1S/C12H13NO3/c1-13(7-10-4-6-15-9-10)8-11(14)12-3-2-5-16-12/h2-6,9H,7-8H2,1H3. The first-order valence-corrected chi connectivity index (χ1v) is 5.02. The van der Waals surface area contributed by atoms with Crippen molar-refractivity contribution in [3.8, 4) is 0 Å². The molecule has 0 bridgehead atoms. The van der Waals surface area contributed by atoms with E-state index in [2.05, 4.69) is 0 Å². The van der Waals surface area contributed by atoms with Gasteiger partial charge in [0.15, 0.2) is 5.76 Å². The van der Waals surface area contributed by atoms with Gasteiger partial charge in [-0.2, -0.15) is 0 Å². The van der Waals surface area contributed by atoms with Crippen LogP contribution in [-0.2, 0) is 6.54 Å². The third-order valence-corrected chi connectivity index (χ3v) is 2.24. The van der Waals surface area contributed by atoms with E-state index in [0.29, 0.717) is 18.8 Å². The molecule has 0 aliphatic rings. The Kier molecular flexibility index (Phi) is 3.22. The van der Waals surface area contributed by atoms with E-state index in [1.807, 2.05) is 18.0 Å². The fraction of sp³-hybridized carbons (Fsp3) is 0.250. The topological polar surface area (TPSA) is 46.6 Å². The van der Waals surface area contributed by atoms with Crippen molar-refractivity contribution in [3.63, 3.8) is 0 Å². The molecule has 0 aromatic carbocycles. The molecule has 0 radical (unpaired) electrons. The molecular formula is C12H13NO3. The Labute approximate surface area is 93.5 Å². The molecule has 0 aliphatic carbocycles. The Morgan fingerprint density at radius 3 is 2.88 bits per heavy atom. The predicted octanol–water partition coefficient (Wildman–Crippen LogP) is 2.19. The number of nitrogens with zero attached hydrogens (tertiary/aromatic N) is 1. The van der Waals surface area contributed by atoms with Crippen molar-refractivity contribution in [1.29, 1.82) is 0 Å². The number of Topliss-reactive ketones (excluding diaryl/α,β-unsaturated/α-hetero) is 1. The van der Waals surface area contributed by atoms with E-state index in [9.17, 15) is 4.79 Å². The van der Waals surface area contributed by atoms with Crippen LogP contribution in [-0.4, -0.2) is 24.3 Å². The third kappa shape index (κ3) is 2.61. The van der Waals surface area contributed by atoms with Gasteiger partial charge in [0.25, 0.3) is 0 Å². The molecule has 0 saturated carbocycles. The zero-order valence-electron chi connectivity index (χ0n) is 9.05. The lowest BCUT2D eigenvalue weighted by Crippen LogP contribution is -2.25. The number of ketones is 1. The highest BCUT2D eigenvalue weighted by atomic mass is 16.3. The largest absolute Gasteiger partial charge is 0.472 e. The lowest BCUT2D eigenvalue weighted by atomic mass is 10.2. The molecule has 2 aromatic rings. The Hall–Kier alpha value is -1.81. The van der Waals surface area contributed by atoms with Crippen LogP contribution in [0.4, 0.5) is 0 Å². The molecule has 84 valence electrons. The monoisotopic (exact) mass is 219 g/mol. The van der Waals surface area contributed by atoms with Crippen molar-refractivity contribution in [2.24, 2.45) is 0 Å². The molecule has 4 heteroatoms. The highest BCUT2D eigenvalue weighted by molar-refractivity contribution is 5.94. The fourth-order valence-corrected chi connectivity index (χ4v) is 1.51. The van der Waals surface area contributed by atoms with Crippen molar-refractivity contribution in [1.82, 2.24) is 4.90 Å². The molecule has 2 heterocycles. The summed E-state index contributed by atoms with van der Waals surface area (Å²) in [5.41, 5.74) is 1.05. The first-order chi connectivity index (χ1) is 7.75. The van der Waals surface area contributed by atoms with Crippen LogP contribution in [0.15, 0.2) is 45.8 Å². The Balaban J connectivity index is 1.88. The smallest absolute Gasteiger partial charge is 0.211 e. The van der Waals surface area contributed by atoms with Crippen LogP contribution < -0.4 is 0 Å². The van der Waals surface area contributed by atoms with E-state index < -0.39 is 0 Å². The van der Waals surface area contributed by atoms with Gasteiger partial charge in [0.1, 0.15) is 0 Å². The number of furan rings is 2. The minimum absolute atomic E-state index is 0.0176. The number of hydrogen-bond acceptors (Lipinski definition) is 4. The van der Waals surface area contributed by atoms with E-state index in [-0.39, 0.29) is 5.78 Å². The number of likely N-dealkylation sites (N-methyl/N-ethyl adjacent to an activating group) is 1. The summed E-state index contributed by atoms with van der Waals surface area (Å²) in [5, 5.41) is 0. The van der Waals surface area contributed by atoms with Gasteiger partial charge >= 0.3 is 0 Å². The molecule has 4 nitrogen and oxygen atoms in total. The summed E-state index contributed by atoms with van der Waals surface area (Å²) in [6, 6.07) is 5.27. The van der Waals surface area contributed by atoms with Gasteiger partial charge in [-0.25, -0.2) is 0 Å². The average molecular weight is 219 g/mol. The molecule has 0 fully saturated rings. The van der Waals surface area contributed by atoms with Gasteiger partial charge in [-0.3, -0.25) is 9.69 Å². The first kappa shape index (κ1) is 10.7. The van der Waals surface area contributed by atoms with Gasteiger partial charge in [-0.05, 0) is 25.2 Å². The lowest BCUT2D eigenvalue weighted by molar-refractivity contribution is 0.0915. The number of rotatable bonds is 5. The van der Waals surface area contributed by atoms with Crippen LogP contribution in [0.3, 0.4) is 0 Å². The van der Waals surface area contributed by atoms with Crippen molar-refractivity contribution < 1.29 is 13.6 Å². The summed E-state index contributed by atoms with van der Waals surface area (Å²) >= 11 is 0. The van der Waals surface area contributed by atoms with Crippen LogP contribution in [0.1, 0.15) is 16.1 Å². The van der Waals surface area contributed by atoms with Gasteiger partial charge in [0.05, 0.1) is 25.3 Å². The van der Waals surface area contributed by atoms with Gasteiger partial charge in [0, 0.05) is 12.1 Å². The highest BCUT2D eigenvalue weighted by Crippen LogP contribution is 2.06. The normalized spacial score (nSPS) is 10.9. The van der Waals surface area contributed by atoms with Crippen LogP contribution in [0.25, 0.3) is 0 Å². The molecule has 0 spiro atoms. The molecule has 0 amide bonds. The van der Waals surface area contributed by atoms with Gasteiger partial charge in [-0.1, -0.05) is 0 Å². The fourth-order valence-electron chi connectivity index (χ4n) is 1.51. The van der Waals surface area contributed by atoms with E-state index >= 15 is 0 Å². The van der Waals surface area contributed by atoms with Crippen LogP contribution in [0, 0.1) is 0 Å².